The van der Waals surface area contributed by atoms with Crippen LogP contribution in [0.2, 0.25) is 0 Å². The Morgan fingerprint density at radius 2 is 0.904 bits per heavy atom. The van der Waals surface area contributed by atoms with Crippen molar-refractivity contribution in [3.05, 3.63) is 199 Å². The molecule has 0 saturated carbocycles. The molecule has 0 fully saturated rings. The zero-order valence-electron chi connectivity index (χ0n) is 29.3. The quantitative estimate of drug-likeness (QED) is 0.177. The maximum Gasteiger partial charge on any atom is 0.0547 e. The molecule has 0 saturated heterocycles. The van der Waals surface area contributed by atoms with Crippen LogP contribution in [0.15, 0.2) is 188 Å². The van der Waals surface area contributed by atoms with Crippen molar-refractivity contribution >= 4 is 49.4 Å². The van der Waals surface area contributed by atoms with Gasteiger partial charge < -0.3 is 4.90 Å². The van der Waals surface area contributed by atoms with Gasteiger partial charge in [0.2, 0.25) is 0 Å². The third-order valence-electron chi connectivity index (χ3n) is 11.2. The molecular weight excluding hydrogens is 627 g/mol. The van der Waals surface area contributed by atoms with E-state index in [1.807, 2.05) is 0 Å². The van der Waals surface area contributed by atoms with E-state index in [1.54, 1.807) is 0 Å². The van der Waals surface area contributed by atoms with Crippen molar-refractivity contribution in [3.63, 3.8) is 0 Å². The van der Waals surface area contributed by atoms with E-state index in [4.69, 9.17) is 0 Å². The number of hydrogen-bond donors (Lipinski definition) is 0. The lowest BCUT2D eigenvalue weighted by atomic mass is 9.82. The minimum atomic E-state index is -0.169. The van der Waals surface area contributed by atoms with Gasteiger partial charge in [0.05, 0.1) is 17.1 Å². The van der Waals surface area contributed by atoms with Crippen molar-refractivity contribution < 1.29 is 0 Å². The third kappa shape index (κ3) is 4.63. The molecule has 0 aliphatic heterocycles. The zero-order valence-corrected chi connectivity index (χ0v) is 29.3. The predicted molar refractivity (Wildman–Crippen MR) is 222 cm³/mol. The number of anilines is 3. The topological polar surface area (TPSA) is 3.24 Å². The predicted octanol–water partition coefficient (Wildman–Crippen LogP) is 14.3. The van der Waals surface area contributed by atoms with E-state index in [9.17, 15) is 0 Å². The summed E-state index contributed by atoms with van der Waals surface area (Å²) in [5, 5.41) is 7.48. The number of fused-ring (bicyclic) bond motifs is 6. The van der Waals surface area contributed by atoms with Gasteiger partial charge in [-0.1, -0.05) is 172 Å². The van der Waals surface area contributed by atoms with Crippen LogP contribution in [-0.2, 0) is 5.41 Å². The average molecular weight is 664 g/mol. The van der Waals surface area contributed by atoms with E-state index in [0.717, 1.165) is 11.4 Å². The third-order valence-corrected chi connectivity index (χ3v) is 11.2. The summed E-state index contributed by atoms with van der Waals surface area (Å²) in [5.41, 5.74) is 13.5. The summed E-state index contributed by atoms with van der Waals surface area (Å²) in [7, 11) is 0. The first kappa shape index (κ1) is 30.4. The molecule has 1 heteroatoms. The van der Waals surface area contributed by atoms with Crippen molar-refractivity contribution in [3.8, 4) is 33.4 Å². The van der Waals surface area contributed by atoms with Crippen molar-refractivity contribution in [1.29, 1.82) is 0 Å². The van der Waals surface area contributed by atoms with Gasteiger partial charge in [-0.25, -0.2) is 0 Å². The monoisotopic (exact) mass is 663 g/mol. The summed E-state index contributed by atoms with van der Waals surface area (Å²) in [4.78, 5) is 2.56. The van der Waals surface area contributed by atoms with Crippen LogP contribution in [0.4, 0.5) is 17.1 Å². The molecule has 0 unspecified atom stereocenters. The molecule has 10 rings (SSSR count). The van der Waals surface area contributed by atoms with Crippen LogP contribution >= 0.6 is 0 Å². The molecule has 0 N–H and O–H groups in total. The highest BCUT2D eigenvalue weighted by Crippen LogP contribution is 2.57. The Balaban J connectivity index is 1.36. The Labute approximate surface area is 305 Å². The van der Waals surface area contributed by atoms with Gasteiger partial charge in [0.1, 0.15) is 0 Å². The number of benzene rings is 9. The second-order valence-corrected chi connectivity index (χ2v) is 14.5. The normalized spacial score (nSPS) is 13.0. The minimum Gasteiger partial charge on any atom is -0.309 e. The lowest BCUT2D eigenvalue weighted by molar-refractivity contribution is 0.661. The van der Waals surface area contributed by atoms with E-state index in [2.05, 4.69) is 207 Å². The van der Waals surface area contributed by atoms with Gasteiger partial charge in [-0.2, -0.15) is 0 Å². The molecule has 9 aromatic rings. The molecule has 0 aromatic heterocycles. The molecule has 0 bridgehead atoms. The Bertz CT molecular complexity index is 2820. The van der Waals surface area contributed by atoms with Crippen LogP contribution < -0.4 is 4.90 Å². The maximum absolute atomic E-state index is 2.56. The number of hydrogen-bond acceptors (Lipinski definition) is 1. The van der Waals surface area contributed by atoms with E-state index >= 15 is 0 Å². The molecule has 0 amide bonds. The van der Waals surface area contributed by atoms with Crippen molar-refractivity contribution in [1.82, 2.24) is 0 Å². The first-order chi connectivity index (χ1) is 25.6. The van der Waals surface area contributed by atoms with Crippen LogP contribution in [0, 0.1) is 0 Å². The van der Waals surface area contributed by atoms with Gasteiger partial charge in [0.25, 0.3) is 0 Å². The van der Waals surface area contributed by atoms with Crippen LogP contribution in [-0.4, -0.2) is 0 Å². The fraction of sp³-hybridized carbons (Fsp3) is 0.0588. The Morgan fingerprint density at radius 1 is 0.346 bits per heavy atom. The first-order valence-electron chi connectivity index (χ1n) is 18.2. The molecule has 246 valence electrons. The summed E-state index contributed by atoms with van der Waals surface area (Å²) >= 11 is 0. The Hall–Kier alpha value is -6.44. The van der Waals surface area contributed by atoms with Gasteiger partial charge in [0.15, 0.2) is 0 Å². The van der Waals surface area contributed by atoms with Gasteiger partial charge >= 0.3 is 0 Å². The lowest BCUT2D eigenvalue weighted by Crippen LogP contribution is -2.16. The largest absolute Gasteiger partial charge is 0.309 e. The molecule has 1 aliphatic rings. The van der Waals surface area contributed by atoms with E-state index in [-0.39, 0.29) is 5.41 Å². The zero-order chi connectivity index (χ0) is 34.8. The SMILES string of the molecule is CC1(C)c2cc3ccccc3cc2-c2c(N(c3ccccc3-c3ccccc3)c3ccc4ccccc4c3-c3cccc4ccccc34)cccc21. The molecule has 0 heterocycles. The van der Waals surface area contributed by atoms with E-state index in [1.165, 1.54) is 82.5 Å². The number of para-hydroxylation sites is 1. The lowest BCUT2D eigenvalue weighted by Gasteiger charge is -2.33. The summed E-state index contributed by atoms with van der Waals surface area (Å²) in [6.07, 6.45) is 0. The van der Waals surface area contributed by atoms with Crippen molar-refractivity contribution in [2.45, 2.75) is 19.3 Å². The average Bonchev–Trinajstić information content (AvgIpc) is 3.42. The van der Waals surface area contributed by atoms with Crippen LogP contribution in [0.3, 0.4) is 0 Å². The van der Waals surface area contributed by atoms with Crippen molar-refractivity contribution in [2.24, 2.45) is 0 Å². The number of rotatable bonds is 5. The fourth-order valence-electron chi connectivity index (χ4n) is 8.73. The maximum atomic E-state index is 2.56. The van der Waals surface area contributed by atoms with Gasteiger partial charge in [-0.3, -0.25) is 0 Å². The van der Waals surface area contributed by atoms with Crippen LogP contribution in [0.5, 0.6) is 0 Å². The molecule has 0 radical (unpaired) electrons. The number of nitrogens with zero attached hydrogens (tertiary/aromatic N) is 1. The standard InChI is InChI=1S/C51H37N/c1-51(2)44-27-15-29-47(50(44)43-32-37-20-6-7-21-38(37)33-45(43)51)52(46-28-13-12-24-40(46)35-16-4-3-5-17-35)48-31-30-36-19-9-11-25-41(36)49(48)42-26-14-22-34-18-8-10-23-39(34)42/h3-33H,1-2H3. The molecule has 52 heavy (non-hydrogen) atoms. The molecule has 0 atom stereocenters. The molecule has 1 nitrogen and oxygen atoms in total. The highest BCUT2D eigenvalue weighted by Gasteiger charge is 2.39. The van der Waals surface area contributed by atoms with E-state index < -0.39 is 0 Å². The summed E-state index contributed by atoms with van der Waals surface area (Å²) in [5.74, 6) is 0. The molecule has 1 aliphatic carbocycles. The summed E-state index contributed by atoms with van der Waals surface area (Å²) in [6, 6.07) is 69.3. The van der Waals surface area contributed by atoms with Gasteiger partial charge in [0, 0.05) is 22.1 Å². The second-order valence-electron chi connectivity index (χ2n) is 14.5. The fourth-order valence-corrected chi connectivity index (χ4v) is 8.73. The smallest absolute Gasteiger partial charge is 0.0547 e. The molecular formula is C51H37N. The van der Waals surface area contributed by atoms with Crippen LogP contribution in [0.25, 0.3) is 65.7 Å². The van der Waals surface area contributed by atoms with Crippen molar-refractivity contribution in [2.75, 3.05) is 4.90 Å². The Morgan fingerprint density at radius 3 is 1.71 bits per heavy atom. The van der Waals surface area contributed by atoms with Crippen LogP contribution in [0.1, 0.15) is 25.0 Å². The van der Waals surface area contributed by atoms with Gasteiger partial charge in [-0.15, -0.1) is 0 Å². The summed E-state index contributed by atoms with van der Waals surface area (Å²) in [6.45, 7) is 4.77. The van der Waals surface area contributed by atoms with Gasteiger partial charge in [-0.05, 0) is 90.5 Å². The first-order valence-corrected chi connectivity index (χ1v) is 18.2. The highest BCUT2D eigenvalue weighted by atomic mass is 15.2. The molecule has 9 aromatic carbocycles. The minimum absolute atomic E-state index is 0.169. The summed E-state index contributed by atoms with van der Waals surface area (Å²) < 4.78 is 0. The molecule has 0 spiro atoms. The second kappa shape index (κ2) is 11.8. The highest BCUT2D eigenvalue weighted by molar-refractivity contribution is 6.13. The Kier molecular flexibility index (Phi) is 6.91. The van der Waals surface area contributed by atoms with E-state index in [0.29, 0.717) is 0 Å².